The SMILES string of the molecule is c1nc(N2CCCC2)cc(N2CCCC(C3CC3)C2)n1. The lowest BCUT2D eigenvalue weighted by Gasteiger charge is -2.34. The molecule has 4 nitrogen and oxygen atoms in total. The molecule has 1 aliphatic carbocycles. The van der Waals surface area contributed by atoms with E-state index in [2.05, 4.69) is 25.8 Å². The highest BCUT2D eigenvalue weighted by Gasteiger charge is 2.34. The summed E-state index contributed by atoms with van der Waals surface area (Å²) >= 11 is 0. The van der Waals surface area contributed by atoms with Crippen molar-refractivity contribution in [2.24, 2.45) is 11.8 Å². The van der Waals surface area contributed by atoms with Crippen molar-refractivity contribution in [2.45, 2.75) is 38.5 Å². The minimum absolute atomic E-state index is 0.911. The van der Waals surface area contributed by atoms with Crippen LogP contribution in [0.2, 0.25) is 0 Å². The van der Waals surface area contributed by atoms with Crippen LogP contribution in [-0.4, -0.2) is 36.1 Å². The standard InChI is InChI=1S/C16H24N4/c1-2-8-19(7-1)15-10-16(18-12-17-15)20-9-3-4-14(11-20)13-5-6-13/h10,12-14H,1-9,11H2. The lowest BCUT2D eigenvalue weighted by atomic mass is 9.93. The molecule has 0 N–H and O–H groups in total. The maximum absolute atomic E-state index is 4.54. The molecule has 1 atom stereocenters. The molecule has 1 aromatic rings. The average molecular weight is 272 g/mol. The van der Waals surface area contributed by atoms with Crippen molar-refractivity contribution in [1.82, 2.24) is 9.97 Å². The number of anilines is 2. The third kappa shape index (κ3) is 2.48. The second kappa shape index (κ2) is 5.23. The molecule has 0 aromatic carbocycles. The number of hydrogen-bond donors (Lipinski definition) is 0. The summed E-state index contributed by atoms with van der Waals surface area (Å²) in [5, 5.41) is 0. The van der Waals surface area contributed by atoms with Crippen molar-refractivity contribution < 1.29 is 0 Å². The fraction of sp³-hybridized carbons (Fsp3) is 0.750. The van der Waals surface area contributed by atoms with Gasteiger partial charge in [-0.05, 0) is 50.4 Å². The highest BCUT2D eigenvalue weighted by Crippen LogP contribution is 2.41. The fourth-order valence-corrected chi connectivity index (χ4v) is 3.80. The van der Waals surface area contributed by atoms with Gasteiger partial charge in [-0.3, -0.25) is 0 Å². The van der Waals surface area contributed by atoms with Gasteiger partial charge < -0.3 is 9.80 Å². The van der Waals surface area contributed by atoms with Gasteiger partial charge in [0.15, 0.2) is 0 Å². The predicted molar refractivity (Wildman–Crippen MR) is 81.1 cm³/mol. The zero-order valence-corrected chi connectivity index (χ0v) is 12.2. The highest BCUT2D eigenvalue weighted by atomic mass is 15.2. The molecule has 0 bridgehead atoms. The van der Waals surface area contributed by atoms with Crippen molar-refractivity contribution in [3.05, 3.63) is 12.4 Å². The molecule has 1 aromatic heterocycles. The molecule has 108 valence electrons. The van der Waals surface area contributed by atoms with Crippen LogP contribution in [0.15, 0.2) is 12.4 Å². The first-order valence-electron chi connectivity index (χ1n) is 8.22. The Morgan fingerprint density at radius 2 is 1.50 bits per heavy atom. The van der Waals surface area contributed by atoms with Crippen LogP contribution in [0, 0.1) is 11.8 Å². The zero-order chi connectivity index (χ0) is 13.4. The lowest BCUT2D eigenvalue weighted by molar-refractivity contribution is 0.372. The van der Waals surface area contributed by atoms with Crippen molar-refractivity contribution in [1.29, 1.82) is 0 Å². The maximum atomic E-state index is 4.54. The number of aromatic nitrogens is 2. The van der Waals surface area contributed by atoms with Gasteiger partial charge in [-0.25, -0.2) is 9.97 Å². The summed E-state index contributed by atoms with van der Waals surface area (Å²) in [7, 11) is 0. The highest BCUT2D eigenvalue weighted by molar-refractivity contribution is 5.50. The largest absolute Gasteiger partial charge is 0.356 e. The first kappa shape index (κ1) is 12.4. The van der Waals surface area contributed by atoms with Crippen molar-refractivity contribution in [3.63, 3.8) is 0 Å². The molecular formula is C16H24N4. The van der Waals surface area contributed by atoms with Crippen LogP contribution in [0.25, 0.3) is 0 Å². The molecule has 0 amide bonds. The van der Waals surface area contributed by atoms with Crippen LogP contribution in [0.4, 0.5) is 11.6 Å². The van der Waals surface area contributed by atoms with Gasteiger partial charge in [0, 0.05) is 32.2 Å². The Morgan fingerprint density at radius 1 is 0.800 bits per heavy atom. The molecule has 4 heteroatoms. The second-order valence-electron chi connectivity index (χ2n) is 6.61. The van der Waals surface area contributed by atoms with E-state index < -0.39 is 0 Å². The van der Waals surface area contributed by atoms with Gasteiger partial charge in [0.1, 0.15) is 18.0 Å². The smallest absolute Gasteiger partial charge is 0.134 e. The monoisotopic (exact) mass is 272 g/mol. The molecule has 0 spiro atoms. The number of hydrogen-bond acceptors (Lipinski definition) is 4. The molecule has 3 fully saturated rings. The minimum Gasteiger partial charge on any atom is -0.356 e. The zero-order valence-electron chi connectivity index (χ0n) is 12.2. The maximum Gasteiger partial charge on any atom is 0.134 e. The molecular weight excluding hydrogens is 248 g/mol. The van der Waals surface area contributed by atoms with Gasteiger partial charge in [0.05, 0.1) is 0 Å². The van der Waals surface area contributed by atoms with E-state index in [1.807, 2.05) is 0 Å². The van der Waals surface area contributed by atoms with Crippen LogP contribution in [0.1, 0.15) is 38.5 Å². The average Bonchev–Trinajstić information content (AvgIpc) is 3.22. The molecule has 2 saturated heterocycles. The summed E-state index contributed by atoms with van der Waals surface area (Å²) in [6.45, 7) is 4.68. The second-order valence-corrected chi connectivity index (χ2v) is 6.61. The van der Waals surface area contributed by atoms with E-state index in [1.54, 1.807) is 6.33 Å². The molecule has 2 aliphatic heterocycles. The summed E-state index contributed by atoms with van der Waals surface area (Å²) in [6, 6.07) is 2.21. The quantitative estimate of drug-likeness (QED) is 0.847. The lowest BCUT2D eigenvalue weighted by Crippen LogP contribution is -2.37. The summed E-state index contributed by atoms with van der Waals surface area (Å²) < 4.78 is 0. The van der Waals surface area contributed by atoms with Gasteiger partial charge in [-0.2, -0.15) is 0 Å². The normalized spacial score (nSPS) is 27.1. The Kier molecular flexibility index (Phi) is 3.25. The van der Waals surface area contributed by atoms with Crippen LogP contribution in [0.5, 0.6) is 0 Å². The Bertz CT molecular complexity index is 465. The van der Waals surface area contributed by atoms with E-state index in [0.717, 1.165) is 36.6 Å². The Morgan fingerprint density at radius 3 is 2.25 bits per heavy atom. The van der Waals surface area contributed by atoms with Gasteiger partial charge >= 0.3 is 0 Å². The van der Waals surface area contributed by atoms with Crippen molar-refractivity contribution in [3.8, 4) is 0 Å². The third-order valence-electron chi connectivity index (χ3n) is 5.14. The van der Waals surface area contributed by atoms with Gasteiger partial charge in [0.2, 0.25) is 0 Å². The summed E-state index contributed by atoms with van der Waals surface area (Å²) in [6.07, 6.45) is 10.0. The molecule has 4 rings (SSSR count). The van der Waals surface area contributed by atoms with E-state index in [1.165, 1.54) is 51.6 Å². The number of nitrogens with zero attached hydrogens (tertiary/aromatic N) is 4. The molecule has 20 heavy (non-hydrogen) atoms. The molecule has 3 heterocycles. The third-order valence-corrected chi connectivity index (χ3v) is 5.14. The Hall–Kier alpha value is -1.32. The van der Waals surface area contributed by atoms with Crippen LogP contribution >= 0.6 is 0 Å². The first-order valence-corrected chi connectivity index (χ1v) is 8.22. The van der Waals surface area contributed by atoms with E-state index >= 15 is 0 Å². The van der Waals surface area contributed by atoms with Gasteiger partial charge in [-0.1, -0.05) is 0 Å². The summed E-state index contributed by atoms with van der Waals surface area (Å²) in [4.78, 5) is 13.9. The van der Waals surface area contributed by atoms with E-state index in [0.29, 0.717) is 0 Å². The Labute approximate surface area is 121 Å². The summed E-state index contributed by atoms with van der Waals surface area (Å²) in [5.41, 5.74) is 0. The Balaban J connectivity index is 1.50. The van der Waals surface area contributed by atoms with Crippen molar-refractivity contribution >= 4 is 11.6 Å². The minimum atomic E-state index is 0.911. The van der Waals surface area contributed by atoms with Crippen molar-refractivity contribution in [2.75, 3.05) is 36.0 Å². The summed E-state index contributed by atoms with van der Waals surface area (Å²) in [5.74, 6) is 4.19. The molecule has 0 radical (unpaired) electrons. The molecule has 1 saturated carbocycles. The number of rotatable bonds is 3. The van der Waals surface area contributed by atoms with Crippen LogP contribution < -0.4 is 9.80 Å². The van der Waals surface area contributed by atoms with E-state index in [-0.39, 0.29) is 0 Å². The predicted octanol–water partition coefficient (Wildman–Crippen LogP) is 2.70. The molecule has 1 unspecified atom stereocenters. The fourth-order valence-electron chi connectivity index (χ4n) is 3.80. The van der Waals surface area contributed by atoms with E-state index in [9.17, 15) is 0 Å². The molecule has 3 aliphatic rings. The van der Waals surface area contributed by atoms with Gasteiger partial charge in [-0.15, -0.1) is 0 Å². The van der Waals surface area contributed by atoms with Gasteiger partial charge in [0.25, 0.3) is 0 Å². The van der Waals surface area contributed by atoms with Crippen LogP contribution in [-0.2, 0) is 0 Å². The van der Waals surface area contributed by atoms with E-state index in [4.69, 9.17) is 0 Å². The first-order chi connectivity index (χ1) is 9.90. The van der Waals surface area contributed by atoms with Crippen LogP contribution in [0.3, 0.4) is 0 Å². The topological polar surface area (TPSA) is 32.3 Å². The number of piperidine rings is 1.